The van der Waals surface area contributed by atoms with Crippen LogP contribution in [0.3, 0.4) is 0 Å². The monoisotopic (exact) mass is 523 g/mol. The number of carbonyl (C=O) groups is 1. The summed E-state index contributed by atoms with van der Waals surface area (Å²) in [6.45, 7) is 9.01. The smallest absolute Gasteiger partial charge is 0.257 e. The van der Waals surface area contributed by atoms with Gasteiger partial charge >= 0.3 is 0 Å². The summed E-state index contributed by atoms with van der Waals surface area (Å²) in [5.74, 6) is 0.895. The Kier molecular flexibility index (Phi) is 7.49. The van der Waals surface area contributed by atoms with Crippen molar-refractivity contribution in [3.8, 4) is 11.9 Å². The lowest BCUT2D eigenvalue weighted by molar-refractivity contribution is 0.0768. The van der Waals surface area contributed by atoms with E-state index in [1.807, 2.05) is 39.8 Å². The van der Waals surface area contributed by atoms with Crippen LogP contribution in [0.5, 0.6) is 5.88 Å². The second kappa shape index (κ2) is 10.4. The molecule has 36 heavy (non-hydrogen) atoms. The molecule has 9 heteroatoms. The van der Waals surface area contributed by atoms with Gasteiger partial charge in [-0.25, -0.2) is 15.0 Å². The lowest BCUT2D eigenvalue weighted by Crippen LogP contribution is -2.32. The van der Waals surface area contributed by atoms with Crippen LogP contribution in [0.25, 0.3) is 0 Å². The largest absolute Gasteiger partial charge is 0.474 e. The van der Waals surface area contributed by atoms with Gasteiger partial charge in [0.1, 0.15) is 18.0 Å². The first-order valence-corrected chi connectivity index (χ1v) is 12.4. The molecule has 0 aliphatic carbocycles. The Hall–Kier alpha value is -3.21. The molecule has 1 aliphatic heterocycles. The Morgan fingerprint density at radius 1 is 1.08 bits per heavy atom. The Morgan fingerprint density at radius 3 is 2.39 bits per heavy atom. The average molecular weight is 524 g/mol. The van der Waals surface area contributed by atoms with Crippen molar-refractivity contribution in [1.29, 1.82) is 5.26 Å². The summed E-state index contributed by atoms with van der Waals surface area (Å²) in [4.78, 5) is 28.3. The first-order valence-electron chi connectivity index (χ1n) is 11.7. The normalized spacial score (nSPS) is 18.5. The van der Waals surface area contributed by atoms with Gasteiger partial charge in [-0.3, -0.25) is 4.79 Å². The zero-order valence-electron chi connectivity index (χ0n) is 20.6. The highest BCUT2D eigenvalue weighted by Gasteiger charge is 2.40. The van der Waals surface area contributed by atoms with Crippen LogP contribution < -0.4 is 4.74 Å². The summed E-state index contributed by atoms with van der Waals surface area (Å²) in [6, 6.07) is 11.0. The van der Waals surface area contributed by atoms with Gasteiger partial charge in [0, 0.05) is 55.0 Å². The van der Waals surface area contributed by atoms with Gasteiger partial charge < -0.3 is 9.64 Å². The highest BCUT2D eigenvalue weighted by atomic mass is 35.5. The molecule has 0 bridgehead atoms. The number of rotatable bonds is 5. The third kappa shape index (κ3) is 5.61. The van der Waals surface area contributed by atoms with Crippen LogP contribution in [-0.4, -0.2) is 45.0 Å². The van der Waals surface area contributed by atoms with Crippen LogP contribution in [0.1, 0.15) is 60.9 Å². The average Bonchev–Trinajstić information content (AvgIpc) is 3.31. The summed E-state index contributed by atoms with van der Waals surface area (Å²) in [6.07, 6.45) is 4.39. The van der Waals surface area contributed by atoms with Crippen LogP contribution in [0.2, 0.25) is 10.0 Å². The van der Waals surface area contributed by atoms with Crippen LogP contribution in [0.15, 0.2) is 48.9 Å². The van der Waals surface area contributed by atoms with E-state index in [0.717, 1.165) is 5.56 Å². The Balaban J connectivity index is 1.59. The van der Waals surface area contributed by atoms with Crippen molar-refractivity contribution in [2.24, 2.45) is 5.92 Å². The first-order chi connectivity index (χ1) is 17.1. The minimum Gasteiger partial charge on any atom is -0.474 e. The van der Waals surface area contributed by atoms with E-state index in [9.17, 15) is 4.79 Å². The molecule has 0 radical (unpaired) electrons. The maximum atomic E-state index is 13.4. The van der Waals surface area contributed by atoms with Crippen LogP contribution in [0.4, 0.5) is 0 Å². The molecule has 2 aromatic heterocycles. The fraction of sp³-hybridized carbons (Fsp3) is 0.370. The molecule has 1 saturated heterocycles. The summed E-state index contributed by atoms with van der Waals surface area (Å²) in [5.41, 5.74) is 1.68. The molecule has 3 heterocycles. The van der Waals surface area contributed by atoms with E-state index in [1.165, 1.54) is 6.20 Å². The minimum atomic E-state index is -0.276. The van der Waals surface area contributed by atoms with Crippen molar-refractivity contribution < 1.29 is 9.53 Å². The molecule has 4 rings (SSSR count). The standard InChI is InChI=1S/C27H27Cl2N5O2/c1-16(36-24-8-5-17(10-30)11-31-24)20-14-34(15-21(20)18-6-7-22(28)23(29)9-18)25(35)19-12-32-26(33-13-19)27(2,3)4/h5-9,11-13,16,20-21H,14-15H2,1-4H3. The molecule has 0 saturated carbocycles. The summed E-state index contributed by atoms with van der Waals surface area (Å²) in [5, 5.41) is 9.96. The zero-order valence-corrected chi connectivity index (χ0v) is 22.1. The van der Waals surface area contributed by atoms with Gasteiger partial charge in [0.2, 0.25) is 5.88 Å². The number of pyridine rings is 1. The second-order valence-electron chi connectivity index (χ2n) is 10.0. The summed E-state index contributed by atoms with van der Waals surface area (Å²) < 4.78 is 6.15. The van der Waals surface area contributed by atoms with Gasteiger partial charge in [0.05, 0.1) is 21.2 Å². The maximum absolute atomic E-state index is 13.4. The van der Waals surface area contributed by atoms with Gasteiger partial charge in [0.15, 0.2) is 0 Å². The van der Waals surface area contributed by atoms with Crippen LogP contribution in [0, 0.1) is 17.2 Å². The molecule has 1 fully saturated rings. The van der Waals surface area contributed by atoms with Gasteiger partial charge in [0.25, 0.3) is 5.91 Å². The number of benzene rings is 1. The molecule has 3 atom stereocenters. The molecular weight excluding hydrogens is 497 g/mol. The second-order valence-corrected chi connectivity index (χ2v) is 10.8. The van der Waals surface area contributed by atoms with Gasteiger partial charge in [-0.05, 0) is 30.7 Å². The van der Waals surface area contributed by atoms with E-state index >= 15 is 0 Å². The van der Waals surface area contributed by atoms with E-state index in [-0.39, 0.29) is 29.3 Å². The number of hydrogen-bond donors (Lipinski definition) is 0. The molecule has 3 unspecified atom stereocenters. The van der Waals surface area contributed by atoms with E-state index in [1.54, 1.807) is 35.5 Å². The number of carbonyl (C=O) groups excluding carboxylic acids is 1. The fourth-order valence-corrected chi connectivity index (χ4v) is 4.67. The van der Waals surface area contributed by atoms with Gasteiger partial charge in [-0.1, -0.05) is 50.0 Å². The van der Waals surface area contributed by atoms with E-state index in [0.29, 0.717) is 46.0 Å². The Labute approximate surface area is 221 Å². The van der Waals surface area contributed by atoms with E-state index in [4.69, 9.17) is 33.2 Å². The highest BCUT2D eigenvalue weighted by molar-refractivity contribution is 6.42. The van der Waals surface area contributed by atoms with Crippen molar-refractivity contribution in [2.45, 2.75) is 45.1 Å². The topological polar surface area (TPSA) is 92.0 Å². The SMILES string of the molecule is CC(Oc1ccc(C#N)cn1)C1CN(C(=O)c2cnc(C(C)(C)C)nc2)CC1c1ccc(Cl)c(Cl)c1. The van der Waals surface area contributed by atoms with Gasteiger partial charge in [-0.15, -0.1) is 0 Å². The molecule has 1 aliphatic rings. The Morgan fingerprint density at radius 2 is 1.81 bits per heavy atom. The number of ether oxygens (including phenoxy) is 1. The van der Waals surface area contributed by atoms with Crippen molar-refractivity contribution in [1.82, 2.24) is 19.9 Å². The predicted octanol–water partition coefficient (Wildman–Crippen LogP) is 5.67. The zero-order chi connectivity index (χ0) is 26.0. The molecule has 1 aromatic carbocycles. The van der Waals surface area contributed by atoms with E-state index < -0.39 is 0 Å². The predicted molar refractivity (Wildman–Crippen MR) is 138 cm³/mol. The molecule has 7 nitrogen and oxygen atoms in total. The van der Waals surface area contributed by atoms with Crippen molar-refractivity contribution in [2.75, 3.05) is 13.1 Å². The van der Waals surface area contributed by atoms with Crippen molar-refractivity contribution >= 4 is 29.1 Å². The minimum absolute atomic E-state index is 0.0353. The number of nitriles is 1. The molecule has 3 aromatic rings. The number of amides is 1. The van der Waals surface area contributed by atoms with Crippen molar-refractivity contribution in [3.05, 3.63) is 81.5 Å². The first kappa shape index (κ1) is 25.9. The Bertz CT molecular complexity index is 1280. The number of hydrogen-bond acceptors (Lipinski definition) is 6. The number of likely N-dealkylation sites (tertiary alicyclic amines) is 1. The summed E-state index contributed by atoms with van der Waals surface area (Å²) >= 11 is 12.5. The molecular formula is C27H27Cl2N5O2. The van der Waals surface area contributed by atoms with Gasteiger partial charge in [-0.2, -0.15) is 5.26 Å². The molecule has 186 valence electrons. The lowest BCUT2D eigenvalue weighted by atomic mass is 9.86. The summed E-state index contributed by atoms with van der Waals surface area (Å²) in [7, 11) is 0. The maximum Gasteiger partial charge on any atom is 0.257 e. The van der Waals surface area contributed by atoms with Crippen LogP contribution in [-0.2, 0) is 5.41 Å². The molecule has 1 amide bonds. The number of nitrogens with zero attached hydrogens (tertiary/aromatic N) is 5. The third-order valence-electron chi connectivity index (χ3n) is 6.37. The molecule has 0 N–H and O–H groups in total. The quantitative estimate of drug-likeness (QED) is 0.427. The third-order valence-corrected chi connectivity index (χ3v) is 7.11. The lowest BCUT2D eigenvalue weighted by Gasteiger charge is -2.25. The number of halogens is 2. The van der Waals surface area contributed by atoms with Crippen molar-refractivity contribution in [3.63, 3.8) is 0 Å². The molecule has 0 spiro atoms. The fourth-order valence-electron chi connectivity index (χ4n) is 4.37. The van der Waals surface area contributed by atoms with E-state index in [2.05, 4.69) is 21.0 Å². The number of aromatic nitrogens is 3. The van der Waals surface area contributed by atoms with Crippen LogP contribution >= 0.6 is 23.2 Å². The highest BCUT2D eigenvalue weighted by Crippen LogP contribution is 2.38.